The first-order valence-electron chi connectivity index (χ1n) is 11.2. The minimum Gasteiger partial charge on any atom is -0.307 e. The van der Waals surface area contributed by atoms with Crippen LogP contribution in [-0.4, -0.2) is 22.0 Å². The summed E-state index contributed by atoms with van der Waals surface area (Å²) >= 11 is 9.05. The largest absolute Gasteiger partial charge is 0.307 e. The molecule has 4 aliphatic rings. The Morgan fingerprint density at radius 2 is 1.62 bits per heavy atom. The number of carbonyl (C=O) groups excluding carboxylic acids is 2. The van der Waals surface area contributed by atoms with Gasteiger partial charge < -0.3 is 4.98 Å². The topological polar surface area (TPSA) is 70.2 Å². The number of benzene rings is 2. The molecule has 1 aromatic heterocycles. The molecule has 1 N–H and O–H groups in total. The SMILES string of the molecule is O=C1[C@@H]2[C@H]3C[C@@H]([C@@H]2C(=O)N1c1ccc(F)cc1)[C@@H]1[C@H](c2ccc(Cl)cc2)c2sc(=O)[nH]c2S[C@@H]31. The lowest BCUT2D eigenvalue weighted by atomic mass is 9.68. The monoisotopic (exact) mass is 512 g/mol. The Labute approximate surface area is 207 Å². The smallest absolute Gasteiger partial charge is 0.305 e. The van der Waals surface area contributed by atoms with Gasteiger partial charge in [0, 0.05) is 21.1 Å². The summed E-state index contributed by atoms with van der Waals surface area (Å²) in [5.41, 5.74) is 1.51. The van der Waals surface area contributed by atoms with Crippen LogP contribution in [0.3, 0.4) is 0 Å². The highest BCUT2D eigenvalue weighted by molar-refractivity contribution is 8.00. The van der Waals surface area contributed by atoms with Gasteiger partial charge in [0.25, 0.3) is 0 Å². The van der Waals surface area contributed by atoms with Gasteiger partial charge in [0.15, 0.2) is 0 Å². The summed E-state index contributed by atoms with van der Waals surface area (Å²) in [4.78, 5) is 44.6. The zero-order valence-corrected chi connectivity index (χ0v) is 20.0. The summed E-state index contributed by atoms with van der Waals surface area (Å²) in [7, 11) is 0. The minimum atomic E-state index is -0.406. The molecule has 0 spiro atoms. The highest BCUT2D eigenvalue weighted by Gasteiger charge is 2.69. The molecule has 7 atom stereocenters. The van der Waals surface area contributed by atoms with E-state index in [9.17, 15) is 18.8 Å². The van der Waals surface area contributed by atoms with Gasteiger partial charge in [0.05, 0.1) is 22.5 Å². The molecule has 3 heterocycles. The standard InChI is InChI=1S/C25H18ClFN2O3S2/c26-11-3-1-10(2-4-11)16-17-14-9-15(20(17)33-22-21(16)34-25(32)28-22)19-18(14)23(30)29(24(19)31)13-7-5-12(27)6-8-13/h1-8,14-20H,9H2,(H,28,32)/t14-,15-,16+,17-,18+,19-,20+/m1/s1. The van der Waals surface area contributed by atoms with Crippen LogP contribution in [0.15, 0.2) is 58.4 Å². The van der Waals surface area contributed by atoms with Gasteiger partial charge in [-0.05, 0) is 66.1 Å². The Morgan fingerprint density at radius 1 is 0.941 bits per heavy atom. The van der Waals surface area contributed by atoms with Gasteiger partial charge in [0.1, 0.15) is 5.82 Å². The number of fused-ring (bicyclic) bond motifs is 9. The summed E-state index contributed by atoms with van der Waals surface area (Å²) in [6.45, 7) is 0. The van der Waals surface area contributed by atoms with Gasteiger partial charge >= 0.3 is 4.87 Å². The number of amides is 2. The third-order valence-corrected chi connectivity index (χ3v) is 10.9. The predicted molar refractivity (Wildman–Crippen MR) is 129 cm³/mol. The molecule has 2 aromatic carbocycles. The number of aromatic amines is 1. The molecule has 3 fully saturated rings. The zero-order valence-electron chi connectivity index (χ0n) is 17.6. The van der Waals surface area contributed by atoms with Crippen LogP contribution < -0.4 is 9.77 Å². The molecule has 2 aliphatic heterocycles. The number of hydrogen-bond acceptors (Lipinski definition) is 5. The molecule has 172 valence electrons. The van der Waals surface area contributed by atoms with E-state index in [0.717, 1.165) is 21.9 Å². The normalized spacial score (nSPS) is 33.2. The molecule has 2 amide bonds. The van der Waals surface area contributed by atoms with E-state index in [2.05, 4.69) is 4.98 Å². The number of H-pyrrole nitrogens is 1. The highest BCUT2D eigenvalue weighted by Crippen LogP contribution is 2.68. The molecule has 0 unspecified atom stereocenters. The Kier molecular flexibility index (Phi) is 4.48. The number of thioether (sulfide) groups is 1. The van der Waals surface area contributed by atoms with Crippen LogP contribution in [0.5, 0.6) is 0 Å². The first kappa shape index (κ1) is 20.9. The fourth-order valence-corrected chi connectivity index (χ4v) is 9.92. The van der Waals surface area contributed by atoms with E-state index in [0.29, 0.717) is 10.7 Å². The second kappa shape index (κ2) is 7.29. The van der Waals surface area contributed by atoms with Crippen molar-refractivity contribution < 1.29 is 14.0 Å². The first-order chi connectivity index (χ1) is 16.4. The van der Waals surface area contributed by atoms with E-state index in [4.69, 9.17) is 11.6 Å². The first-order valence-corrected chi connectivity index (χ1v) is 13.3. The molecule has 2 aliphatic carbocycles. The van der Waals surface area contributed by atoms with E-state index in [1.54, 1.807) is 11.8 Å². The highest BCUT2D eigenvalue weighted by atomic mass is 35.5. The Bertz CT molecular complexity index is 1400. The van der Waals surface area contributed by atoms with E-state index in [1.807, 2.05) is 24.3 Å². The maximum atomic E-state index is 13.6. The second-order valence-corrected chi connectivity index (χ2v) is 12.1. The van der Waals surface area contributed by atoms with Gasteiger partial charge in [0.2, 0.25) is 11.8 Å². The number of nitrogens with zero attached hydrogens (tertiary/aromatic N) is 1. The summed E-state index contributed by atoms with van der Waals surface area (Å²) in [6.07, 6.45) is 0.829. The number of imide groups is 1. The van der Waals surface area contributed by atoms with Crippen LogP contribution in [0.25, 0.3) is 0 Å². The molecular weight excluding hydrogens is 495 g/mol. The number of halogens is 2. The van der Waals surface area contributed by atoms with Crippen LogP contribution >= 0.6 is 34.7 Å². The lowest BCUT2D eigenvalue weighted by Gasteiger charge is -2.43. The van der Waals surface area contributed by atoms with Crippen molar-refractivity contribution in [2.75, 3.05) is 4.90 Å². The van der Waals surface area contributed by atoms with Gasteiger partial charge in [-0.1, -0.05) is 35.1 Å². The molecule has 2 saturated carbocycles. The summed E-state index contributed by atoms with van der Waals surface area (Å²) < 4.78 is 13.5. The molecule has 1 saturated heterocycles. The van der Waals surface area contributed by atoms with Crippen molar-refractivity contribution in [3.8, 4) is 0 Å². The Morgan fingerprint density at radius 3 is 2.32 bits per heavy atom. The van der Waals surface area contributed by atoms with E-state index in [1.165, 1.54) is 40.5 Å². The summed E-state index contributed by atoms with van der Waals surface area (Å²) in [5.74, 6) is -1.30. The molecule has 3 aromatic rings. The Balaban J connectivity index is 1.32. The molecule has 0 radical (unpaired) electrons. The number of thiazole rings is 1. The van der Waals surface area contributed by atoms with Crippen LogP contribution in [0.1, 0.15) is 22.8 Å². The van der Waals surface area contributed by atoms with Gasteiger partial charge in [-0.2, -0.15) is 0 Å². The molecule has 7 rings (SSSR count). The Hall–Kier alpha value is -2.42. The molecule has 34 heavy (non-hydrogen) atoms. The lowest BCUT2D eigenvalue weighted by molar-refractivity contribution is -0.123. The minimum absolute atomic E-state index is 0.0267. The van der Waals surface area contributed by atoms with Gasteiger partial charge in [-0.25, -0.2) is 4.39 Å². The van der Waals surface area contributed by atoms with E-state index in [-0.39, 0.29) is 57.4 Å². The second-order valence-electron chi connectivity index (χ2n) is 9.50. The van der Waals surface area contributed by atoms with Crippen molar-refractivity contribution >= 4 is 52.2 Å². The number of aromatic nitrogens is 1. The molecule has 5 nitrogen and oxygen atoms in total. The number of nitrogens with one attached hydrogen (secondary N) is 1. The van der Waals surface area contributed by atoms with Crippen molar-refractivity contribution in [3.05, 3.63) is 79.5 Å². The van der Waals surface area contributed by atoms with Crippen LogP contribution in [-0.2, 0) is 9.59 Å². The number of rotatable bonds is 2. The lowest BCUT2D eigenvalue weighted by Crippen LogP contribution is -2.42. The molecule has 9 heteroatoms. The van der Waals surface area contributed by atoms with Crippen molar-refractivity contribution in [2.45, 2.75) is 22.6 Å². The molecular formula is C25H18ClFN2O3S2. The zero-order chi connectivity index (χ0) is 23.3. The summed E-state index contributed by atoms with van der Waals surface area (Å²) in [6, 6.07) is 13.3. The van der Waals surface area contributed by atoms with Gasteiger partial charge in [-0.15, -0.1) is 11.8 Å². The van der Waals surface area contributed by atoms with Crippen molar-refractivity contribution in [1.82, 2.24) is 4.98 Å². The van der Waals surface area contributed by atoms with Crippen LogP contribution in [0.2, 0.25) is 5.02 Å². The third kappa shape index (κ3) is 2.76. The fourth-order valence-electron chi connectivity index (χ4n) is 6.90. The number of anilines is 1. The summed E-state index contributed by atoms with van der Waals surface area (Å²) in [5, 5.41) is 1.66. The fraction of sp³-hybridized carbons (Fsp3) is 0.320. The van der Waals surface area contributed by atoms with Gasteiger partial charge in [-0.3, -0.25) is 19.3 Å². The third-order valence-electron chi connectivity index (χ3n) is 8.04. The van der Waals surface area contributed by atoms with Crippen LogP contribution in [0, 0.1) is 35.4 Å². The van der Waals surface area contributed by atoms with Crippen molar-refractivity contribution in [3.63, 3.8) is 0 Å². The maximum Gasteiger partial charge on any atom is 0.305 e. The van der Waals surface area contributed by atoms with Crippen LogP contribution in [0.4, 0.5) is 10.1 Å². The maximum absolute atomic E-state index is 13.6. The predicted octanol–water partition coefficient (Wildman–Crippen LogP) is 4.91. The molecule has 2 bridgehead atoms. The number of hydrogen-bond donors (Lipinski definition) is 1. The van der Waals surface area contributed by atoms with E-state index >= 15 is 0 Å². The quantitative estimate of drug-likeness (QED) is 0.495. The average molecular weight is 513 g/mol. The van der Waals surface area contributed by atoms with E-state index < -0.39 is 5.82 Å². The van der Waals surface area contributed by atoms with Crippen molar-refractivity contribution in [2.24, 2.45) is 29.6 Å². The van der Waals surface area contributed by atoms with Crippen molar-refractivity contribution in [1.29, 1.82) is 0 Å². The number of carbonyl (C=O) groups is 2. The average Bonchev–Trinajstić information content (AvgIpc) is 3.54.